The highest BCUT2D eigenvalue weighted by Crippen LogP contribution is 2.09. The van der Waals surface area contributed by atoms with Crippen LogP contribution >= 0.6 is 12.4 Å². The van der Waals surface area contributed by atoms with Crippen LogP contribution in [0.3, 0.4) is 0 Å². The maximum absolute atomic E-state index is 13.4. The zero-order valence-electron chi connectivity index (χ0n) is 12.3. The van der Waals surface area contributed by atoms with E-state index in [4.69, 9.17) is 0 Å². The predicted octanol–water partition coefficient (Wildman–Crippen LogP) is 1.55. The fourth-order valence-electron chi connectivity index (χ4n) is 2.53. The van der Waals surface area contributed by atoms with E-state index in [9.17, 15) is 9.18 Å². The lowest BCUT2D eigenvalue weighted by molar-refractivity contribution is -0.122. The third kappa shape index (κ3) is 5.61. The van der Waals surface area contributed by atoms with Crippen molar-refractivity contribution >= 4 is 18.3 Å². The smallest absolute Gasteiger partial charge is 0.234 e. The Morgan fingerprint density at radius 3 is 2.90 bits per heavy atom. The fourth-order valence-corrected chi connectivity index (χ4v) is 2.53. The van der Waals surface area contributed by atoms with Crippen molar-refractivity contribution in [1.29, 1.82) is 0 Å². The molecule has 21 heavy (non-hydrogen) atoms. The van der Waals surface area contributed by atoms with Crippen molar-refractivity contribution < 1.29 is 9.18 Å². The number of nitrogens with zero attached hydrogens (tertiary/aromatic N) is 1. The van der Waals surface area contributed by atoms with Crippen molar-refractivity contribution in [3.05, 3.63) is 35.6 Å². The lowest BCUT2D eigenvalue weighted by atomic mass is 10.1. The minimum atomic E-state index is -0.277. The Morgan fingerprint density at radius 2 is 2.19 bits per heavy atom. The highest BCUT2D eigenvalue weighted by Gasteiger charge is 2.20. The van der Waals surface area contributed by atoms with Crippen molar-refractivity contribution in [2.75, 3.05) is 26.7 Å². The molecule has 0 aliphatic carbocycles. The summed E-state index contributed by atoms with van der Waals surface area (Å²) in [5.74, 6) is -0.328. The van der Waals surface area contributed by atoms with Crippen LogP contribution in [0.15, 0.2) is 24.3 Å². The van der Waals surface area contributed by atoms with E-state index in [0.29, 0.717) is 18.2 Å². The molecular formula is C15H23ClFN3O. The van der Waals surface area contributed by atoms with Crippen LogP contribution in [0.1, 0.15) is 18.4 Å². The van der Waals surface area contributed by atoms with Crippen LogP contribution in [0, 0.1) is 5.82 Å². The fraction of sp³-hybridized carbons (Fsp3) is 0.533. The van der Waals surface area contributed by atoms with Gasteiger partial charge in [0.2, 0.25) is 5.91 Å². The molecule has 2 N–H and O–H groups in total. The Balaban J connectivity index is 0.00000220. The van der Waals surface area contributed by atoms with Gasteiger partial charge in [0.25, 0.3) is 0 Å². The van der Waals surface area contributed by atoms with Gasteiger partial charge in [-0.05, 0) is 32.5 Å². The summed E-state index contributed by atoms with van der Waals surface area (Å²) in [6.07, 6.45) is 2.26. The second-order valence-corrected chi connectivity index (χ2v) is 5.23. The van der Waals surface area contributed by atoms with E-state index in [0.717, 1.165) is 25.9 Å². The van der Waals surface area contributed by atoms with E-state index in [1.165, 1.54) is 6.07 Å². The number of benzene rings is 1. The summed E-state index contributed by atoms with van der Waals surface area (Å²) in [5, 5.41) is 6.03. The van der Waals surface area contributed by atoms with Gasteiger partial charge in [-0.3, -0.25) is 9.69 Å². The zero-order valence-corrected chi connectivity index (χ0v) is 13.1. The molecule has 0 spiro atoms. The van der Waals surface area contributed by atoms with E-state index in [1.807, 2.05) is 7.05 Å². The minimum absolute atomic E-state index is 0. The van der Waals surface area contributed by atoms with Gasteiger partial charge < -0.3 is 10.6 Å². The minimum Gasteiger partial charge on any atom is -0.351 e. The molecule has 1 unspecified atom stereocenters. The number of hydrogen-bond donors (Lipinski definition) is 2. The molecule has 0 bridgehead atoms. The molecule has 1 aromatic rings. The lowest BCUT2D eigenvalue weighted by Crippen LogP contribution is -2.47. The molecule has 1 aliphatic rings. The molecule has 1 atom stereocenters. The van der Waals surface area contributed by atoms with E-state index >= 15 is 0 Å². The number of rotatable bonds is 5. The first-order valence-electron chi connectivity index (χ1n) is 7.08. The van der Waals surface area contributed by atoms with Gasteiger partial charge in [-0.2, -0.15) is 0 Å². The predicted molar refractivity (Wildman–Crippen MR) is 84.0 cm³/mol. The molecule has 1 fully saturated rings. The third-order valence-corrected chi connectivity index (χ3v) is 3.71. The Kier molecular flexibility index (Phi) is 7.64. The van der Waals surface area contributed by atoms with Crippen LogP contribution in [0.4, 0.5) is 4.39 Å². The summed E-state index contributed by atoms with van der Waals surface area (Å²) in [7, 11) is 1.95. The van der Waals surface area contributed by atoms with Crippen molar-refractivity contribution in [1.82, 2.24) is 15.5 Å². The Hall–Kier alpha value is -1.17. The quantitative estimate of drug-likeness (QED) is 0.866. The first-order valence-corrected chi connectivity index (χ1v) is 7.08. The van der Waals surface area contributed by atoms with Crippen molar-refractivity contribution in [3.8, 4) is 0 Å². The number of halogens is 2. The maximum Gasteiger partial charge on any atom is 0.234 e. The topological polar surface area (TPSA) is 44.4 Å². The van der Waals surface area contributed by atoms with Gasteiger partial charge in [-0.15, -0.1) is 12.4 Å². The average Bonchev–Trinajstić information content (AvgIpc) is 2.46. The Labute approximate surface area is 131 Å². The molecule has 2 rings (SSSR count). The zero-order chi connectivity index (χ0) is 14.4. The van der Waals surface area contributed by atoms with Crippen molar-refractivity contribution in [2.45, 2.75) is 25.4 Å². The molecule has 1 aliphatic heterocycles. The highest BCUT2D eigenvalue weighted by atomic mass is 35.5. The van der Waals surface area contributed by atoms with Gasteiger partial charge in [-0.25, -0.2) is 4.39 Å². The lowest BCUT2D eigenvalue weighted by Gasteiger charge is -2.31. The second kappa shape index (κ2) is 8.97. The molecule has 1 saturated heterocycles. The van der Waals surface area contributed by atoms with Gasteiger partial charge >= 0.3 is 0 Å². The molecule has 0 radical (unpaired) electrons. The molecule has 118 valence electrons. The van der Waals surface area contributed by atoms with Gasteiger partial charge in [-0.1, -0.05) is 18.2 Å². The monoisotopic (exact) mass is 315 g/mol. The highest BCUT2D eigenvalue weighted by molar-refractivity contribution is 5.85. The van der Waals surface area contributed by atoms with Gasteiger partial charge in [0.15, 0.2) is 0 Å². The van der Waals surface area contributed by atoms with Gasteiger partial charge in [0.1, 0.15) is 5.82 Å². The van der Waals surface area contributed by atoms with Crippen LogP contribution < -0.4 is 10.6 Å². The number of amides is 1. The Bertz CT molecular complexity index is 458. The summed E-state index contributed by atoms with van der Waals surface area (Å²) in [4.78, 5) is 14.0. The standard InChI is InChI=1S/C15H22FN3O.ClH/c1-17-13-6-4-8-19(10-13)11-15(20)18-9-12-5-2-3-7-14(12)16;/h2-3,5,7,13,17H,4,6,8-11H2,1H3,(H,18,20);1H. The summed E-state index contributed by atoms with van der Waals surface area (Å²) in [6, 6.07) is 6.97. The number of likely N-dealkylation sites (N-methyl/N-ethyl adjacent to an activating group) is 1. The van der Waals surface area contributed by atoms with E-state index < -0.39 is 0 Å². The van der Waals surface area contributed by atoms with Crippen molar-refractivity contribution in [2.24, 2.45) is 0 Å². The van der Waals surface area contributed by atoms with Crippen LogP contribution in [-0.2, 0) is 11.3 Å². The molecule has 6 heteroatoms. The largest absolute Gasteiger partial charge is 0.351 e. The first kappa shape index (κ1) is 17.9. The number of likely N-dealkylation sites (tertiary alicyclic amines) is 1. The van der Waals surface area contributed by atoms with Crippen LogP contribution in [-0.4, -0.2) is 43.5 Å². The number of carbonyl (C=O) groups excluding carboxylic acids is 1. The molecule has 0 aromatic heterocycles. The average molecular weight is 316 g/mol. The van der Waals surface area contributed by atoms with Crippen molar-refractivity contribution in [3.63, 3.8) is 0 Å². The number of carbonyl (C=O) groups is 1. The first-order chi connectivity index (χ1) is 9.69. The van der Waals surface area contributed by atoms with E-state index in [1.54, 1.807) is 18.2 Å². The molecule has 0 saturated carbocycles. The Morgan fingerprint density at radius 1 is 1.43 bits per heavy atom. The normalized spacial score (nSPS) is 18.9. The van der Waals surface area contributed by atoms with Crippen LogP contribution in [0.25, 0.3) is 0 Å². The molecule has 1 heterocycles. The third-order valence-electron chi connectivity index (χ3n) is 3.71. The molecule has 1 amide bonds. The number of hydrogen-bond acceptors (Lipinski definition) is 3. The van der Waals surface area contributed by atoms with E-state index in [-0.39, 0.29) is 30.7 Å². The maximum atomic E-state index is 13.4. The van der Waals surface area contributed by atoms with Gasteiger partial charge in [0, 0.05) is 24.7 Å². The summed E-state index contributed by atoms with van der Waals surface area (Å²) in [5.41, 5.74) is 0.521. The molecule has 1 aromatic carbocycles. The second-order valence-electron chi connectivity index (χ2n) is 5.23. The SMILES string of the molecule is CNC1CCCN(CC(=O)NCc2ccccc2F)C1.Cl. The van der Waals surface area contributed by atoms with Crippen LogP contribution in [0.2, 0.25) is 0 Å². The van der Waals surface area contributed by atoms with Gasteiger partial charge in [0.05, 0.1) is 6.54 Å². The summed E-state index contributed by atoms with van der Waals surface area (Å²) >= 11 is 0. The molecular weight excluding hydrogens is 293 g/mol. The summed E-state index contributed by atoms with van der Waals surface area (Å²) < 4.78 is 13.4. The molecule has 4 nitrogen and oxygen atoms in total. The summed E-state index contributed by atoms with van der Waals surface area (Å²) in [6.45, 7) is 2.47. The van der Waals surface area contributed by atoms with Crippen LogP contribution in [0.5, 0.6) is 0 Å². The number of nitrogens with one attached hydrogen (secondary N) is 2. The number of piperidine rings is 1. The van der Waals surface area contributed by atoms with E-state index in [2.05, 4.69) is 15.5 Å².